The summed E-state index contributed by atoms with van der Waals surface area (Å²) >= 11 is 0. The lowest BCUT2D eigenvalue weighted by Crippen LogP contribution is -2.16. The minimum absolute atomic E-state index is 0.637. The number of aromatic nitrogens is 2. The predicted octanol–water partition coefficient (Wildman–Crippen LogP) is 2.22. The summed E-state index contributed by atoms with van der Waals surface area (Å²) in [4.78, 5) is 8.21. The van der Waals surface area contributed by atoms with E-state index >= 15 is 0 Å². The molecule has 1 atom stereocenters. The van der Waals surface area contributed by atoms with Gasteiger partial charge in [0.1, 0.15) is 18.0 Å². The van der Waals surface area contributed by atoms with Crippen molar-refractivity contribution in [1.29, 1.82) is 0 Å². The van der Waals surface area contributed by atoms with Crippen LogP contribution in [0.5, 0.6) is 0 Å². The topological polar surface area (TPSA) is 49.8 Å². The van der Waals surface area contributed by atoms with Crippen molar-refractivity contribution < 1.29 is 0 Å². The van der Waals surface area contributed by atoms with Crippen LogP contribution in [0.3, 0.4) is 0 Å². The van der Waals surface area contributed by atoms with Crippen molar-refractivity contribution >= 4 is 11.6 Å². The summed E-state index contributed by atoms with van der Waals surface area (Å²) < 4.78 is 0. The number of rotatable bonds is 5. The van der Waals surface area contributed by atoms with E-state index in [9.17, 15) is 0 Å². The van der Waals surface area contributed by atoms with Crippen LogP contribution in [0.1, 0.15) is 20.8 Å². The Morgan fingerprint density at radius 2 is 1.87 bits per heavy atom. The molecule has 0 spiro atoms. The number of hydrogen-bond donors (Lipinski definition) is 2. The van der Waals surface area contributed by atoms with E-state index in [0.29, 0.717) is 11.8 Å². The van der Waals surface area contributed by atoms with Gasteiger partial charge >= 0.3 is 0 Å². The standard InChI is InChI=1S/C11H20N4/c1-8(2)9(3)6-13-11-5-10(12-4)14-7-15-11/h5,7-9H,6H2,1-4H3,(H2,12,13,14,15). The monoisotopic (exact) mass is 208 g/mol. The van der Waals surface area contributed by atoms with Gasteiger partial charge in [-0.2, -0.15) is 0 Å². The molecular weight excluding hydrogens is 188 g/mol. The highest BCUT2D eigenvalue weighted by Crippen LogP contribution is 2.12. The van der Waals surface area contributed by atoms with Crippen molar-refractivity contribution in [3.8, 4) is 0 Å². The zero-order valence-electron chi connectivity index (χ0n) is 9.91. The van der Waals surface area contributed by atoms with Crippen molar-refractivity contribution in [2.75, 3.05) is 24.2 Å². The predicted molar refractivity (Wildman–Crippen MR) is 64.1 cm³/mol. The molecule has 0 aromatic carbocycles. The van der Waals surface area contributed by atoms with Crippen molar-refractivity contribution in [2.24, 2.45) is 11.8 Å². The fourth-order valence-corrected chi connectivity index (χ4v) is 1.09. The Kier molecular flexibility index (Phi) is 4.34. The lowest BCUT2D eigenvalue weighted by Gasteiger charge is -2.16. The van der Waals surface area contributed by atoms with Gasteiger partial charge in [-0.25, -0.2) is 9.97 Å². The SMILES string of the molecule is CNc1cc(NCC(C)C(C)C)ncn1. The van der Waals surface area contributed by atoms with Crippen molar-refractivity contribution in [2.45, 2.75) is 20.8 Å². The van der Waals surface area contributed by atoms with Crippen LogP contribution < -0.4 is 10.6 Å². The summed E-state index contributed by atoms with van der Waals surface area (Å²) in [6.07, 6.45) is 1.56. The second kappa shape index (κ2) is 5.53. The quantitative estimate of drug-likeness (QED) is 0.779. The van der Waals surface area contributed by atoms with Gasteiger partial charge in [-0.05, 0) is 11.8 Å². The molecule has 0 aliphatic carbocycles. The van der Waals surface area contributed by atoms with Crippen molar-refractivity contribution in [3.63, 3.8) is 0 Å². The first-order valence-corrected chi connectivity index (χ1v) is 5.37. The third kappa shape index (κ3) is 3.73. The van der Waals surface area contributed by atoms with Gasteiger partial charge in [-0.15, -0.1) is 0 Å². The maximum Gasteiger partial charge on any atom is 0.131 e. The Hall–Kier alpha value is -1.32. The number of nitrogens with zero attached hydrogens (tertiary/aromatic N) is 2. The van der Waals surface area contributed by atoms with Gasteiger partial charge < -0.3 is 10.6 Å². The van der Waals surface area contributed by atoms with Gasteiger partial charge in [-0.1, -0.05) is 20.8 Å². The van der Waals surface area contributed by atoms with Crippen LogP contribution >= 0.6 is 0 Å². The largest absolute Gasteiger partial charge is 0.373 e. The minimum Gasteiger partial charge on any atom is -0.373 e. The molecular formula is C11H20N4. The van der Waals surface area contributed by atoms with Gasteiger partial charge in [-0.3, -0.25) is 0 Å². The highest BCUT2D eigenvalue weighted by Gasteiger charge is 2.06. The maximum atomic E-state index is 4.16. The molecule has 4 nitrogen and oxygen atoms in total. The van der Waals surface area contributed by atoms with Crippen LogP contribution in [0, 0.1) is 11.8 Å². The fraction of sp³-hybridized carbons (Fsp3) is 0.636. The molecule has 0 aliphatic heterocycles. The van der Waals surface area contributed by atoms with E-state index in [2.05, 4.69) is 41.4 Å². The Morgan fingerprint density at radius 3 is 2.47 bits per heavy atom. The van der Waals surface area contributed by atoms with Gasteiger partial charge in [0.05, 0.1) is 0 Å². The molecule has 0 saturated carbocycles. The second-order valence-corrected chi connectivity index (χ2v) is 4.14. The number of hydrogen-bond acceptors (Lipinski definition) is 4. The van der Waals surface area contributed by atoms with Crippen LogP contribution in [0.2, 0.25) is 0 Å². The smallest absolute Gasteiger partial charge is 0.131 e. The molecule has 0 saturated heterocycles. The van der Waals surface area contributed by atoms with E-state index in [4.69, 9.17) is 0 Å². The summed E-state index contributed by atoms with van der Waals surface area (Å²) in [5, 5.41) is 6.30. The molecule has 0 aliphatic rings. The first kappa shape index (κ1) is 11.8. The van der Waals surface area contributed by atoms with Crippen LogP contribution in [-0.4, -0.2) is 23.6 Å². The molecule has 2 N–H and O–H groups in total. The molecule has 1 unspecified atom stereocenters. The molecule has 1 aromatic rings. The summed E-state index contributed by atoms with van der Waals surface area (Å²) in [6, 6.07) is 1.91. The molecule has 1 heterocycles. The van der Waals surface area contributed by atoms with E-state index in [1.54, 1.807) is 6.33 Å². The average molecular weight is 208 g/mol. The summed E-state index contributed by atoms with van der Waals surface area (Å²) in [7, 11) is 1.85. The van der Waals surface area contributed by atoms with Gasteiger partial charge in [0.25, 0.3) is 0 Å². The van der Waals surface area contributed by atoms with Gasteiger partial charge in [0.2, 0.25) is 0 Å². The van der Waals surface area contributed by atoms with Crippen molar-refractivity contribution in [3.05, 3.63) is 12.4 Å². The first-order chi connectivity index (χ1) is 7.13. The lowest BCUT2D eigenvalue weighted by molar-refractivity contribution is 0.439. The first-order valence-electron chi connectivity index (χ1n) is 5.37. The van der Waals surface area contributed by atoms with Crippen LogP contribution in [0.4, 0.5) is 11.6 Å². The maximum absolute atomic E-state index is 4.16. The minimum atomic E-state index is 0.637. The average Bonchev–Trinajstić information content (AvgIpc) is 2.26. The van der Waals surface area contributed by atoms with E-state index in [1.807, 2.05) is 13.1 Å². The highest BCUT2D eigenvalue weighted by atomic mass is 15.1. The Bertz CT molecular complexity index is 298. The van der Waals surface area contributed by atoms with E-state index in [-0.39, 0.29) is 0 Å². The van der Waals surface area contributed by atoms with Crippen LogP contribution in [-0.2, 0) is 0 Å². The molecule has 84 valence electrons. The van der Waals surface area contributed by atoms with Gasteiger partial charge in [0, 0.05) is 19.7 Å². The summed E-state index contributed by atoms with van der Waals surface area (Å²) in [6.45, 7) is 7.63. The Balaban J connectivity index is 2.50. The molecule has 0 amide bonds. The van der Waals surface area contributed by atoms with Crippen LogP contribution in [0.15, 0.2) is 12.4 Å². The van der Waals surface area contributed by atoms with E-state index in [1.165, 1.54) is 0 Å². The third-order valence-corrected chi connectivity index (χ3v) is 2.67. The molecule has 0 bridgehead atoms. The zero-order chi connectivity index (χ0) is 11.3. The fourth-order valence-electron chi connectivity index (χ4n) is 1.09. The second-order valence-electron chi connectivity index (χ2n) is 4.14. The molecule has 4 heteroatoms. The third-order valence-electron chi connectivity index (χ3n) is 2.67. The molecule has 1 aromatic heterocycles. The molecule has 1 rings (SSSR count). The highest BCUT2D eigenvalue weighted by molar-refractivity contribution is 5.45. The molecule has 15 heavy (non-hydrogen) atoms. The number of anilines is 2. The van der Waals surface area contributed by atoms with Gasteiger partial charge in [0.15, 0.2) is 0 Å². The summed E-state index contributed by atoms with van der Waals surface area (Å²) in [5.41, 5.74) is 0. The molecule has 0 radical (unpaired) electrons. The Morgan fingerprint density at radius 1 is 1.20 bits per heavy atom. The molecule has 0 fully saturated rings. The summed E-state index contributed by atoms with van der Waals surface area (Å²) in [5.74, 6) is 3.03. The normalized spacial score (nSPS) is 12.6. The Labute approximate surface area is 91.5 Å². The van der Waals surface area contributed by atoms with Crippen LogP contribution in [0.25, 0.3) is 0 Å². The number of nitrogens with one attached hydrogen (secondary N) is 2. The van der Waals surface area contributed by atoms with Crippen molar-refractivity contribution in [1.82, 2.24) is 9.97 Å². The van der Waals surface area contributed by atoms with E-state index < -0.39 is 0 Å². The lowest BCUT2D eigenvalue weighted by atomic mass is 9.98. The van der Waals surface area contributed by atoms with E-state index in [0.717, 1.165) is 18.2 Å². The zero-order valence-corrected chi connectivity index (χ0v) is 9.91.